The molecule has 0 saturated heterocycles. The van der Waals surface area contributed by atoms with Gasteiger partial charge in [-0.05, 0) is 248 Å². The molecule has 0 amide bonds. The lowest BCUT2D eigenvalue weighted by molar-refractivity contribution is 0.188. The van der Waals surface area contributed by atoms with Gasteiger partial charge in [-0.2, -0.15) is 0 Å². The molecule has 5 heteroatoms. The summed E-state index contributed by atoms with van der Waals surface area (Å²) in [5.74, 6) is 0. The molecule has 2 aliphatic heterocycles. The molecule has 1 aromatic heterocycles. The summed E-state index contributed by atoms with van der Waals surface area (Å²) in [6, 6.07) is 61.0. The Morgan fingerprint density at radius 1 is 0.409 bits per heavy atom. The summed E-state index contributed by atoms with van der Waals surface area (Å²) < 4.78 is 2.91. The third-order valence-corrected chi connectivity index (χ3v) is 25.7. The summed E-state index contributed by atoms with van der Waals surface area (Å²) in [5, 5.41) is 1.42. The van der Waals surface area contributed by atoms with E-state index in [2.05, 4.69) is 282 Å². The van der Waals surface area contributed by atoms with Gasteiger partial charge in [0.25, 0.3) is 6.71 Å². The molecule has 1 saturated carbocycles. The zero-order valence-electron chi connectivity index (χ0n) is 55.3. The monoisotopic (exact) mass is 1170 g/mol. The highest BCUT2D eigenvalue weighted by Crippen LogP contribution is 2.61. The van der Waals surface area contributed by atoms with Crippen molar-refractivity contribution < 1.29 is 0 Å². The number of rotatable bonds is 6. The summed E-state index contributed by atoms with van der Waals surface area (Å²) in [4.78, 5) is 8.24. The Hall–Kier alpha value is -6.82. The van der Waals surface area contributed by atoms with Crippen molar-refractivity contribution in [3.05, 3.63) is 202 Å². The third kappa shape index (κ3) is 8.05. The molecule has 88 heavy (non-hydrogen) atoms. The van der Waals surface area contributed by atoms with Crippen LogP contribution in [0.3, 0.4) is 0 Å². The second kappa shape index (κ2) is 18.7. The van der Waals surface area contributed by atoms with E-state index in [-0.39, 0.29) is 50.0 Å². The van der Waals surface area contributed by atoms with Crippen molar-refractivity contribution in [1.29, 1.82) is 0 Å². The zero-order chi connectivity index (χ0) is 61.2. The first-order chi connectivity index (χ1) is 41.7. The SMILES string of the molecule is Cc1ccccc1N(c1ccccc1)c1cc2c3c(c1)N(c1ccc4c(c1)C(C)(C)CCC4(C)C)c1c(sc4cc5c(cc14)C1(C)CCC5(C)CC1)B3c1cc3c(cc1N2c1ccc2c(c1-c1ccccc1)C(C)(C)CCC2(C)C)C(C)(C)CCC3(C)C. The third-order valence-electron chi connectivity index (χ3n) is 24.5. The van der Waals surface area contributed by atoms with Gasteiger partial charge in [0, 0.05) is 54.6 Å². The Morgan fingerprint density at radius 2 is 0.932 bits per heavy atom. The highest BCUT2D eigenvalue weighted by molar-refractivity contribution is 7.33. The molecule has 3 nitrogen and oxygen atoms in total. The van der Waals surface area contributed by atoms with Crippen LogP contribution in [0.2, 0.25) is 0 Å². The van der Waals surface area contributed by atoms with Gasteiger partial charge >= 0.3 is 0 Å². The van der Waals surface area contributed by atoms with Gasteiger partial charge in [-0.25, -0.2) is 0 Å². The van der Waals surface area contributed by atoms with Crippen molar-refractivity contribution in [1.82, 2.24) is 0 Å². The van der Waals surface area contributed by atoms with Crippen LogP contribution in [-0.4, -0.2) is 6.71 Å². The van der Waals surface area contributed by atoms with Crippen LogP contribution in [0, 0.1) is 6.92 Å². The van der Waals surface area contributed by atoms with Crippen LogP contribution in [-0.2, 0) is 43.3 Å². The molecular weight excluding hydrogens is 1080 g/mol. The fraction of sp³-hybridized carbons (Fsp3) is 0.398. The molecule has 9 aromatic rings. The van der Waals surface area contributed by atoms with Crippen LogP contribution in [0.25, 0.3) is 21.2 Å². The van der Waals surface area contributed by atoms with E-state index in [9.17, 15) is 0 Å². The van der Waals surface area contributed by atoms with Crippen LogP contribution in [0.5, 0.6) is 0 Å². The normalized spacial score (nSPS) is 23.1. The summed E-state index contributed by atoms with van der Waals surface area (Å²) in [7, 11) is 0. The number of aryl methyl sites for hydroxylation is 1. The highest BCUT2D eigenvalue weighted by Gasteiger charge is 2.52. The van der Waals surface area contributed by atoms with Crippen LogP contribution >= 0.6 is 11.3 Å². The second-order valence-electron chi connectivity index (χ2n) is 33.0. The molecule has 0 N–H and O–H groups in total. The Labute approximate surface area is 530 Å². The Kier molecular flexibility index (Phi) is 12.0. The number of benzene rings is 8. The molecule has 2 bridgehead atoms. The molecule has 0 unspecified atom stereocenters. The van der Waals surface area contributed by atoms with Crippen molar-refractivity contribution in [3.8, 4) is 11.1 Å². The minimum absolute atomic E-state index is 0.00530. The largest absolute Gasteiger partial charge is 0.311 e. The van der Waals surface area contributed by atoms with E-state index in [1.54, 1.807) is 11.1 Å². The van der Waals surface area contributed by atoms with Crippen molar-refractivity contribution in [2.24, 2.45) is 0 Å². The predicted octanol–water partition coefficient (Wildman–Crippen LogP) is 21.6. The molecule has 1 fully saturated rings. The predicted molar refractivity (Wildman–Crippen MR) is 380 cm³/mol. The van der Waals surface area contributed by atoms with Gasteiger partial charge in [0.05, 0.1) is 17.1 Å². The molecule has 0 spiro atoms. The van der Waals surface area contributed by atoms with E-state index in [0.29, 0.717) is 0 Å². The van der Waals surface area contributed by atoms with Gasteiger partial charge in [0.15, 0.2) is 0 Å². The molecule has 17 rings (SSSR count). The number of para-hydroxylation sites is 2. The number of fused-ring (bicyclic) bond motifs is 11. The first-order valence-corrected chi connectivity index (χ1v) is 34.4. The number of hydrogen-bond acceptors (Lipinski definition) is 4. The minimum Gasteiger partial charge on any atom is -0.311 e. The molecule has 446 valence electrons. The molecule has 8 aliphatic rings. The average molecular weight is 1170 g/mol. The van der Waals surface area contributed by atoms with Gasteiger partial charge in [-0.1, -0.05) is 182 Å². The molecule has 3 heterocycles. The first-order valence-electron chi connectivity index (χ1n) is 33.6. The number of thiophene rings is 1. The van der Waals surface area contributed by atoms with Gasteiger partial charge in [0.2, 0.25) is 0 Å². The maximum absolute atomic E-state index is 2.83. The Morgan fingerprint density at radius 3 is 1.57 bits per heavy atom. The topological polar surface area (TPSA) is 9.72 Å². The van der Waals surface area contributed by atoms with Gasteiger partial charge in [-0.15, -0.1) is 11.3 Å². The van der Waals surface area contributed by atoms with E-state index in [1.165, 1.54) is 148 Å². The average Bonchev–Trinajstić information content (AvgIpc) is 1.22. The van der Waals surface area contributed by atoms with Gasteiger partial charge in [0.1, 0.15) is 0 Å². The van der Waals surface area contributed by atoms with Crippen molar-refractivity contribution >= 4 is 95.0 Å². The van der Waals surface area contributed by atoms with Gasteiger partial charge in [-0.3, -0.25) is 0 Å². The van der Waals surface area contributed by atoms with Crippen molar-refractivity contribution in [3.63, 3.8) is 0 Å². The Balaban J connectivity index is 1.11. The van der Waals surface area contributed by atoms with Crippen molar-refractivity contribution in [2.75, 3.05) is 14.7 Å². The summed E-state index contributed by atoms with van der Waals surface area (Å²) >= 11 is 2.11. The minimum atomic E-state index is -0.0738. The van der Waals surface area contributed by atoms with Crippen LogP contribution < -0.4 is 30.4 Å². The summed E-state index contributed by atoms with van der Waals surface area (Å²) in [6.07, 6.45) is 12.0. The van der Waals surface area contributed by atoms with E-state index in [4.69, 9.17) is 0 Å². The van der Waals surface area contributed by atoms with E-state index in [1.807, 2.05) is 0 Å². The summed E-state index contributed by atoms with van der Waals surface area (Å²) in [5.41, 5.74) is 30.5. The number of hydrogen-bond donors (Lipinski definition) is 0. The maximum Gasteiger partial charge on any atom is 0.264 e. The van der Waals surface area contributed by atoms with Crippen molar-refractivity contribution in [2.45, 2.75) is 211 Å². The Bertz CT molecular complexity index is 4410. The van der Waals surface area contributed by atoms with Gasteiger partial charge < -0.3 is 14.7 Å². The molecule has 8 aromatic carbocycles. The fourth-order valence-corrected chi connectivity index (χ4v) is 19.8. The summed E-state index contributed by atoms with van der Waals surface area (Å²) in [6.45, 7) is 37.6. The quantitative estimate of drug-likeness (QED) is 0.154. The molecule has 6 aliphatic carbocycles. The standard InChI is InChI=1S/C83H90BN3S/c1-51-24-22-23-29-65(51)85(53-27-20-17-21-28-53)55-45-68-73-69(46-55)87(66-33-32-58-72(71(66)52-25-18-16-19-26-52)81(12,13)39-38-77(58,4)5)67-49-61-60(79(8,9)36-37-80(61,10)11)48-64(67)84(73)75-74(86(68)54-30-31-57-59(44-54)78(6,7)35-34-76(57,2)3)56-47-62-63(50-70(56)88-75)83(15)42-40-82(62,14)41-43-83/h16-33,44-50H,34-43H2,1-15H3. The van der Waals surface area contributed by atoms with E-state index in [0.717, 1.165) is 43.5 Å². The maximum atomic E-state index is 2.83. The zero-order valence-corrected chi connectivity index (χ0v) is 56.1. The first kappa shape index (κ1) is 56.4. The highest BCUT2D eigenvalue weighted by atomic mass is 32.1. The van der Waals surface area contributed by atoms with Crippen LogP contribution in [0.15, 0.2) is 152 Å². The van der Waals surface area contributed by atoms with Crippen LogP contribution in [0.1, 0.15) is 211 Å². The number of nitrogens with zero attached hydrogens (tertiary/aromatic N) is 3. The molecule has 0 atom stereocenters. The fourth-order valence-electron chi connectivity index (χ4n) is 18.5. The number of anilines is 9. The lowest BCUT2D eigenvalue weighted by Crippen LogP contribution is -2.61. The lowest BCUT2D eigenvalue weighted by Gasteiger charge is -2.52. The molecule has 0 radical (unpaired) electrons. The van der Waals surface area contributed by atoms with Crippen LogP contribution in [0.4, 0.5) is 51.2 Å². The lowest BCUT2D eigenvalue weighted by atomic mass is 9.35. The van der Waals surface area contributed by atoms with E-state index >= 15 is 0 Å². The smallest absolute Gasteiger partial charge is 0.264 e. The molecular formula is C83H90BN3S. The second-order valence-corrected chi connectivity index (χ2v) is 34.1. The van der Waals surface area contributed by atoms with E-state index < -0.39 is 0 Å².